The number of carbonyl (C=O) groups excluding carboxylic acids is 1. The summed E-state index contributed by atoms with van der Waals surface area (Å²) in [6, 6.07) is 17.7. The first kappa shape index (κ1) is 18.7. The van der Waals surface area contributed by atoms with Gasteiger partial charge in [0.1, 0.15) is 6.61 Å². The minimum Gasteiger partial charge on any atom is -0.493 e. The maximum absolute atomic E-state index is 10.9. The Kier molecular flexibility index (Phi) is 5.94. The summed E-state index contributed by atoms with van der Waals surface area (Å²) < 4.78 is 11.4. The molecular weight excluding hydrogens is 364 g/mol. The van der Waals surface area contributed by atoms with E-state index < -0.39 is 0 Å². The van der Waals surface area contributed by atoms with Gasteiger partial charge in [0.2, 0.25) is 5.91 Å². The molecule has 3 aromatic rings. The first-order valence-electron chi connectivity index (χ1n) is 8.35. The topological polar surface area (TPSA) is 59.9 Å². The Balaban J connectivity index is 1.84. The van der Waals surface area contributed by atoms with Crippen LogP contribution in [0.3, 0.4) is 0 Å². The maximum atomic E-state index is 10.9. The quantitative estimate of drug-likeness (QED) is 0.502. The Morgan fingerprint density at radius 3 is 2.74 bits per heavy atom. The van der Waals surface area contributed by atoms with Crippen LogP contribution >= 0.6 is 11.6 Å². The second-order valence-corrected chi connectivity index (χ2v) is 6.29. The van der Waals surface area contributed by atoms with E-state index in [1.165, 1.54) is 13.1 Å². The Morgan fingerprint density at radius 2 is 1.96 bits per heavy atom. The van der Waals surface area contributed by atoms with Crippen molar-refractivity contribution in [3.8, 4) is 11.5 Å². The molecule has 3 aromatic carbocycles. The highest BCUT2D eigenvalue weighted by Gasteiger charge is 2.12. The Bertz CT molecular complexity index is 997. The van der Waals surface area contributed by atoms with Crippen LogP contribution in [0.15, 0.2) is 59.7 Å². The van der Waals surface area contributed by atoms with Gasteiger partial charge in [0.15, 0.2) is 11.5 Å². The van der Waals surface area contributed by atoms with Gasteiger partial charge in [-0.25, -0.2) is 5.43 Å². The van der Waals surface area contributed by atoms with Gasteiger partial charge in [0.25, 0.3) is 0 Å². The molecule has 1 N–H and O–H groups in total. The molecule has 0 fully saturated rings. The number of hydrogen-bond acceptors (Lipinski definition) is 4. The highest BCUT2D eigenvalue weighted by atomic mass is 35.5. The van der Waals surface area contributed by atoms with Gasteiger partial charge in [-0.3, -0.25) is 4.79 Å². The predicted octanol–water partition coefficient (Wildman–Crippen LogP) is 4.55. The van der Waals surface area contributed by atoms with Crippen LogP contribution in [0.5, 0.6) is 11.5 Å². The first-order chi connectivity index (χ1) is 13.1. The summed E-state index contributed by atoms with van der Waals surface area (Å²) in [5.74, 6) is 0.704. The number of halogens is 1. The molecule has 3 rings (SSSR count). The predicted molar refractivity (Wildman–Crippen MR) is 108 cm³/mol. The van der Waals surface area contributed by atoms with E-state index in [1.807, 2.05) is 24.3 Å². The number of carbonyl (C=O) groups is 1. The molecule has 0 aromatic heterocycles. The number of fused-ring (bicyclic) bond motifs is 1. The molecule has 27 heavy (non-hydrogen) atoms. The number of amides is 1. The molecule has 0 radical (unpaired) electrons. The minimum absolute atomic E-state index is 0.251. The van der Waals surface area contributed by atoms with Crippen LogP contribution in [-0.4, -0.2) is 19.2 Å². The smallest absolute Gasteiger partial charge is 0.236 e. The first-order valence-corrected chi connectivity index (χ1v) is 8.73. The molecular formula is C21H19ClN2O3. The third-order valence-electron chi connectivity index (χ3n) is 3.94. The van der Waals surface area contributed by atoms with Crippen molar-refractivity contribution in [1.82, 2.24) is 5.43 Å². The Hall–Kier alpha value is -3.05. The lowest BCUT2D eigenvalue weighted by Crippen LogP contribution is -2.12. The second-order valence-electron chi connectivity index (χ2n) is 5.89. The van der Waals surface area contributed by atoms with E-state index in [9.17, 15) is 4.79 Å². The molecule has 0 atom stereocenters. The summed E-state index contributed by atoms with van der Waals surface area (Å²) in [5.41, 5.74) is 4.09. The minimum atomic E-state index is -0.251. The molecule has 0 bridgehead atoms. The van der Waals surface area contributed by atoms with Gasteiger partial charge < -0.3 is 9.47 Å². The normalized spacial score (nSPS) is 10.9. The van der Waals surface area contributed by atoms with E-state index in [2.05, 4.69) is 28.7 Å². The van der Waals surface area contributed by atoms with Crippen LogP contribution in [0.1, 0.15) is 18.1 Å². The van der Waals surface area contributed by atoms with Gasteiger partial charge in [-0.2, -0.15) is 5.10 Å². The fourth-order valence-electron chi connectivity index (χ4n) is 2.72. The summed E-state index contributed by atoms with van der Waals surface area (Å²) in [5, 5.41) is 6.52. The number of methoxy groups -OCH3 is 1. The number of rotatable bonds is 6. The molecule has 0 heterocycles. The van der Waals surface area contributed by atoms with Crippen LogP contribution in [0, 0.1) is 0 Å². The SMILES string of the molecule is COc1cc(/C=N\NC(C)=O)cc(Cl)c1OCc1cccc2ccccc12. The van der Waals surface area contributed by atoms with Crippen molar-refractivity contribution in [2.24, 2.45) is 5.10 Å². The number of benzene rings is 3. The molecule has 5 nitrogen and oxygen atoms in total. The monoisotopic (exact) mass is 382 g/mol. The Labute approximate surface area is 162 Å². The van der Waals surface area contributed by atoms with E-state index in [1.54, 1.807) is 19.2 Å². The van der Waals surface area contributed by atoms with Crippen LogP contribution in [0.2, 0.25) is 5.02 Å². The molecule has 0 saturated carbocycles. The van der Waals surface area contributed by atoms with E-state index in [0.717, 1.165) is 16.3 Å². The van der Waals surface area contributed by atoms with Crippen molar-refractivity contribution < 1.29 is 14.3 Å². The lowest BCUT2D eigenvalue weighted by atomic mass is 10.1. The van der Waals surface area contributed by atoms with Crippen LogP contribution in [0.25, 0.3) is 10.8 Å². The average molecular weight is 383 g/mol. The van der Waals surface area contributed by atoms with E-state index >= 15 is 0 Å². The second kappa shape index (κ2) is 8.56. The van der Waals surface area contributed by atoms with Crippen LogP contribution in [-0.2, 0) is 11.4 Å². The van der Waals surface area contributed by atoms with Gasteiger partial charge >= 0.3 is 0 Å². The molecule has 0 aliphatic carbocycles. The van der Waals surface area contributed by atoms with Crippen molar-refractivity contribution in [1.29, 1.82) is 0 Å². The lowest BCUT2D eigenvalue weighted by Gasteiger charge is -2.14. The van der Waals surface area contributed by atoms with E-state index in [-0.39, 0.29) is 5.91 Å². The van der Waals surface area contributed by atoms with Crippen molar-refractivity contribution in [3.63, 3.8) is 0 Å². The van der Waals surface area contributed by atoms with Crippen molar-refractivity contribution in [3.05, 3.63) is 70.7 Å². The molecule has 0 aliphatic heterocycles. The summed E-state index contributed by atoms with van der Waals surface area (Å²) >= 11 is 6.39. The van der Waals surface area contributed by atoms with Gasteiger partial charge in [0, 0.05) is 6.92 Å². The van der Waals surface area contributed by atoms with Gasteiger partial charge in [-0.1, -0.05) is 54.1 Å². The van der Waals surface area contributed by atoms with Crippen molar-refractivity contribution >= 4 is 34.5 Å². The number of ether oxygens (including phenoxy) is 2. The fraction of sp³-hybridized carbons (Fsp3) is 0.143. The molecule has 0 unspecified atom stereocenters. The van der Waals surface area contributed by atoms with Crippen LogP contribution in [0.4, 0.5) is 0 Å². The zero-order valence-electron chi connectivity index (χ0n) is 15.0. The third-order valence-corrected chi connectivity index (χ3v) is 4.22. The highest BCUT2D eigenvalue weighted by Crippen LogP contribution is 2.37. The molecule has 6 heteroatoms. The summed E-state index contributed by atoms with van der Waals surface area (Å²) in [4.78, 5) is 10.9. The molecule has 138 valence electrons. The lowest BCUT2D eigenvalue weighted by molar-refractivity contribution is -0.118. The highest BCUT2D eigenvalue weighted by molar-refractivity contribution is 6.32. The fourth-order valence-corrected chi connectivity index (χ4v) is 2.99. The third kappa shape index (κ3) is 4.57. The van der Waals surface area contributed by atoms with E-state index in [0.29, 0.717) is 28.7 Å². The van der Waals surface area contributed by atoms with E-state index in [4.69, 9.17) is 21.1 Å². The van der Waals surface area contributed by atoms with Crippen LogP contribution < -0.4 is 14.9 Å². The Morgan fingerprint density at radius 1 is 1.19 bits per heavy atom. The van der Waals surface area contributed by atoms with Gasteiger partial charge in [-0.15, -0.1) is 0 Å². The standard InChI is InChI=1S/C21H19ClN2O3/c1-14(25)24-23-12-15-10-19(22)21(20(11-15)26-2)27-13-17-8-5-7-16-6-3-4-9-18(16)17/h3-12H,13H2,1-2H3,(H,24,25)/b23-12-. The summed E-state index contributed by atoms with van der Waals surface area (Å²) in [6.07, 6.45) is 1.49. The number of nitrogens with one attached hydrogen (secondary N) is 1. The molecule has 1 amide bonds. The maximum Gasteiger partial charge on any atom is 0.236 e. The summed E-state index contributed by atoms with van der Waals surface area (Å²) in [7, 11) is 1.55. The molecule has 0 saturated heterocycles. The zero-order chi connectivity index (χ0) is 19.2. The molecule has 0 spiro atoms. The van der Waals surface area contributed by atoms with Crippen molar-refractivity contribution in [2.75, 3.05) is 7.11 Å². The number of hydrazone groups is 1. The number of nitrogens with zero attached hydrogens (tertiary/aromatic N) is 1. The zero-order valence-corrected chi connectivity index (χ0v) is 15.8. The summed E-state index contributed by atoms with van der Waals surface area (Å²) in [6.45, 7) is 1.74. The molecule has 0 aliphatic rings. The largest absolute Gasteiger partial charge is 0.493 e. The van der Waals surface area contributed by atoms with Crippen molar-refractivity contribution in [2.45, 2.75) is 13.5 Å². The average Bonchev–Trinajstić information content (AvgIpc) is 2.66. The van der Waals surface area contributed by atoms with Gasteiger partial charge in [0.05, 0.1) is 18.3 Å². The number of hydrogen-bond donors (Lipinski definition) is 1. The van der Waals surface area contributed by atoms with Gasteiger partial charge in [-0.05, 0) is 34.0 Å².